The number of thiol groups is 1. The van der Waals surface area contributed by atoms with Gasteiger partial charge < -0.3 is 40.0 Å². The van der Waals surface area contributed by atoms with Crippen molar-refractivity contribution >= 4 is 71.7 Å². The Morgan fingerprint density at radius 2 is 2.10 bits per heavy atom. The second kappa shape index (κ2) is 11.5. The summed E-state index contributed by atoms with van der Waals surface area (Å²) in [6.07, 6.45) is -0.505. The molecule has 18 nitrogen and oxygen atoms in total. The molecule has 0 radical (unpaired) electrons. The van der Waals surface area contributed by atoms with Gasteiger partial charge in [0.2, 0.25) is 5.95 Å². The molecule has 0 bridgehead atoms. The lowest BCUT2D eigenvalue weighted by atomic mass is 10.2. The minimum atomic E-state index is -3.74. The Labute approximate surface area is 246 Å². The summed E-state index contributed by atoms with van der Waals surface area (Å²) in [6.45, 7) is -4.35. The molecule has 2 aliphatic heterocycles. The Morgan fingerprint density at radius 1 is 1.29 bits per heavy atom. The summed E-state index contributed by atoms with van der Waals surface area (Å²) >= 11 is 9.47. The minimum Gasteiger partial charge on any atom is -0.394 e. The molecule has 2 fully saturated rings. The number of aliphatic hydroxyl groups is 1. The van der Waals surface area contributed by atoms with Gasteiger partial charge in [-0.3, -0.25) is 9.78 Å². The van der Waals surface area contributed by atoms with Crippen molar-refractivity contribution in [3.8, 4) is 0 Å². The number of aromatic amines is 1. The largest absolute Gasteiger partial charge is 0.582 e. The molecule has 4 aromatic heterocycles. The van der Waals surface area contributed by atoms with Crippen molar-refractivity contribution in [3.63, 3.8) is 0 Å². The number of H-pyrrole nitrogens is 1. The zero-order valence-corrected chi connectivity index (χ0v) is 24.9. The van der Waals surface area contributed by atoms with Gasteiger partial charge in [-0.2, -0.15) is 9.67 Å². The quantitative estimate of drug-likeness (QED) is 0.105. The smallest absolute Gasteiger partial charge is 0.394 e. The summed E-state index contributed by atoms with van der Waals surface area (Å²) in [4.78, 5) is 38.5. The fraction of sp³-hybridized carbons (Fsp3) is 0.500. The number of aromatic nitrogens is 8. The van der Waals surface area contributed by atoms with Gasteiger partial charge >= 0.3 is 7.23 Å². The molecular weight excluding hydrogens is 634 g/mol. The molecule has 0 spiro atoms. The van der Waals surface area contributed by atoms with Gasteiger partial charge in [0.05, 0.1) is 30.4 Å². The lowest BCUT2D eigenvalue weighted by Gasteiger charge is -2.27. The number of rotatable bonds is 9. The Morgan fingerprint density at radius 3 is 2.86 bits per heavy atom. The molecule has 2 aliphatic rings. The Balaban J connectivity index is 1.24. The van der Waals surface area contributed by atoms with Crippen LogP contribution in [0.25, 0.3) is 22.2 Å². The standard InChI is InChI=1S/C20H24N10O8P2S2/c21-15-9-1-2-29(16(9)24-7-23-15)13-4-10(38-39(33)41)11(37-13)6-35-40(34,42)12-3-8(5-31)36-19(12)30-17-14(27-28-30)18(32)26-20(22)25-17/h1-2,7-8,10-13,19,31H,3-6H2,(H6-,21,22,23,24,25,26,28,32,33,34,41,42)/p+1/t8-,10-,11+,12+,13+,19+,40?/m0/s1. The fourth-order valence-corrected chi connectivity index (χ4v) is 8.28. The van der Waals surface area contributed by atoms with Crippen LogP contribution in [0.5, 0.6) is 0 Å². The molecule has 0 aliphatic carbocycles. The average Bonchev–Trinajstić information content (AvgIpc) is 3.71. The molecule has 7 N–H and O–H groups in total. The van der Waals surface area contributed by atoms with Crippen LogP contribution in [0.2, 0.25) is 0 Å². The number of hydrogen-bond acceptors (Lipinski definition) is 15. The van der Waals surface area contributed by atoms with Crippen molar-refractivity contribution in [1.29, 1.82) is 0 Å². The lowest BCUT2D eigenvalue weighted by molar-refractivity contribution is -0.0357. The van der Waals surface area contributed by atoms with E-state index >= 15 is 0 Å². The van der Waals surface area contributed by atoms with Gasteiger partial charge in [-0.15, -0.1) is 9.62 Å². The predicted octanol–water partition coefficient (Wildman–Crippen LogP) is 0.351. The van der Waals surface area contributed by atoms with Crippen molar-refractivity contribution in [2.45, 2.75) is 49.3 Å². The summed E-state index contributed by atoms with van der Waals surface area (Å²) in [5.41, 5.74) is 10.6. The zero-order valence-electron chi connectivity index (χ0n) is 21.4. The van der Waals surface area contributed by atoms with Crippen LogP contribution in [0, 0.1) is 0 Å². The first kappa shape index (κ1) is 29.4. The third kappa shape index (κ3) is 5.43. The van der Waals surface area contributed by atoms with Gasteiger partial charge in [0.25, 0.3) is 5.56 Å². The van der Waals surface area contributed by atoms with Crippen LogP contribution >= 0.6 is 26.0 Å². The number of ether oxygens (including phenoxy) is 2. The highest BCUT2D eigenvalue weighted by molar-refractivity contribution is 8.39. The Kier molecular flexibility index (Phi) is 8.03. The summed E-state index contributed by atoms with van der Waals surface area (Å²) in [6, 6.07) is 1.75. The minimum absolute atomic E-state index is 0.0104. The van der Waals surface area contributed by atoms with Crippen molar-refractivity contribution in [3.05, 3.63) is 28.9 Å². The van der Waals surface area contributed by atoms with E-state index in [9.17, 15) is 19.4 Å². The molecule has 22 heteroatoms. The maximum Gasteiger partial charge on any atom is 0.582 e. The number of hydrogen-bond donors (Lipinski definition) is 6. The van der Waals surface area contributed by atoms with Gasteiger partial charge in [-0.05, 0) is 28.9 Å². The van der Waals surface area contributed by atoms with Crippen LogP contribution in [-0.2, 0) is 34.9 Å². The first-order valence-corrected chi connectivity index (χ1v) is 17.5. The highest BCUT2D eigenvalue weighted by atomic mass is 32.7. The van der Waals surface area contributed by atoms with E-state index in [1.165, 1.54) is 11.0 Å². The first-order valence-electron chi connectivity index (χ1n) is 12.4. The van der Waals surface area contributed by atoms with E-state index in [1.54, 1.807) is 16.8 Å². The van der Waals surface area contributed by atoms with Crippen molar-refractivity contribution in [1.82, 2.24) is 39.5 Å². The molecule has 0 amide bonds. The molecule has 42 heavy (non-hydrogen) atoms. The van der Waals surface area contributed by atoms with Crippen LogP contribution in [0.4, 0.5) is 11.8 Å². The van der Waals surface area contributed by atoms with Crippen LogP contribution < -0.4 is 17.0 Å². The van der Waals surface area contributed by atoms with E-state index in [0.29, 0.717) is 16.9 Å². The molecule has 2 unspecified atom stereocenters. The lowest BCUT2D eigenvalue weighted by Crippen LogP contribution is -2.29. The highest BCUT2D eigenvalue weighted by Crippen LogP contribution is 2.58. The van der Waals surface area contributed by atoms with Gasteiger partial charge in [0, 0.05) is 12.6 Å². The van der Waals surface area contributed by atoms with E-state index in [4.69, 9.17) is 41.8 Å². The van der Waals surface area contributed by atoms with Crippen LogP contribution in [0.1, 0.15) is 25.3 Å². The van der Waals surface area contributed by atoms with Crippen molar-refractivity contribution in [2.24, 2.45) is 0 Å². The van der Waals surface area contributed by atoms with Crippen molar-refractivity contribution < 1.29 is 33.1 Å². The summed E-state index contributed by atoms with van der Waals surface area (Å²) in [5.74, 6) is 0.135. The number of nitrogens with zero attached hydrogens (tertiary/aromatic N) is 7. The normalized spacial score (nSPS) is 28.0. The summed E-state index contributed by atoms with van der Waals surface area (Å²) in [5, 5.41) is 18.3. The molecule has 0 saturated carbocycles. The molecule has 0 aromatic carbocycles. The van der Waals surface area contributed by atoms with Gasteiger partial charge in [-0.25, -0.2) is 9.97 Å². The molecular formula is C20H25N10O8P2S2+. The van der Waals surface area contributed by atoms with E-state index in [1.807, 2.05) is 0 Å². The molecule has 2 saturated heterocycles. The second-order valence-electron chi connectivity index (χ2n) is 9.62. The number of anilines is 2. The van der Waals surface area contributed by atoms with E-state index < -0.39 is 55.7 Å². The third-order valence-corrected chi connectivity index (χ3v) is 10.7. The molecule has 224 valence electrons. The molecule has 4 aromatic rings. The van der Waals surface area contributed by atoms with Crippen LogP contribution in [0.3, 0.4) is 0 Å². The van der Waals surface area contributed by atoms with Gasteiger partial charge in [0.15, 0.2) is 23.9 Å². The summed E-state index contributed by atoms with van der Waals surface area (Å²) < 4.78 is 38.4. The number of aliphatic hydroxyl groups excluding tert-OH is 1. The maximum atomic E-state index is 12.3. The topological polar surface area (TPSA) is 254 Å². The Hall–Kier alpha value is -2.64. The van der Waals surface area contributed by atoms with E-state index in [0.717, 1.165) is 0 Å². The van der Waals surface area contributed by atoms with Crippen LogP contribution in [-0.4, -0.2) is 86.7 Å². The SMILES string of the molecule is Nc1nc2c(nnn2[C@@H]2O[C@H](CO)C[C@H]2P(O)(=S)OC[C@H]2O[C@@H](n3ccc4c(N)ncnc43)C[C@@H]2O[P+](=O)S)c(=O)[nH]1. The van der Waals surface area contributed by atoms with Gasteiger partial charge in [0.1, 0.15) is 48.5 Å². The number of nitrogens with two attached hydrogens (primary N) is 2. The number of fused-ring (bicyclic) bond motifs is 2. The van der Waals surface area contributed by atoms with E-state index in [2.05, 4.69) is 42.5 Å². The first-order chi connectivity index (χ1) is 20.1. The summed E-state index contributed by atoms with van der Waals surface area (Å²) in [7, 11) is -2.30. The highest BCUT2D eigenvalue weighted by Gasteiger charge is 2.48. The average molecular weight is 660 g/mol. The second-order valence-corrected chi connectivity index (χ2v) is 14.9. The molecule has 6 heterocycles. The van der Waals surface area contributed by atoms with E-state index in [-0.39, 0.29) is 43.2 Å². The number of nitrogens with one attached hydrogen (secondary N) is 1. The molecule has 6 rings (SSSR count). The Bertz CT molecular complexity index is 1770. The zero-order chi connectivity index (χ0) is 29.8. The monoisotopic (exact) mass is 659 g/mol. The fourth-order valence-electron chi connectivity index (χ4n) is 5.14. The number of nitrogen functional groups attached to an aromatic ring is 2. The van der Waals surface area contributed by atoms with Crippen molar-refractivity contribution in [2.75, 3.05) is 24.7 Å². The van der Waals surface area contributed by atoms with Crippen LogP contribution in [0.15, 0.2) is 23.4 Å². The molecule has 8 atom stereocenters. The maximum absolute atomic E-state index is 12.3. The third-order valence-electron chi connectivity index (χ3n) is 7.06. The van der Waals surface area contributed by atoms with Gasteiger partial charge in [-0.1, -0.05) is 5.21 Å². The predicted molar refractivity (Wildman–Crippen MR) is 154 cm³/mol.